The van der Waals surface area contributed by atoms with Crippen molar-refractivity contribution in [1.82, 2.24) is 0 Å². The van der Waals surface area contributed by atoms with E-state index in [9.17, 15) is 0 Å². The second-order valence-electron chi connectivity index (χ2n) is 5.10. The van der Waals surface area contributed by atoms with Gasteiger partial charge in [-0.15, -0.1) is 0 Å². The number of benzene rings is 3. The van der Waals surface area contributed by atoms with Crippen LogP contribution in [0.3, 0.4) is 0 Å². The van der Waals surface area contributed by atoms with Gasteiger partial charge in [0.2, 0.25) is 0 Å². The van der Waals surface area contributed by atoms with E-state index in [0.717, 1.165) is 6.42 Å². The molecular weight excluding hydrogens is 331 g/mol. The number of hydrogen-bond acceptors (Lipinski definition) is 0. The van der Waals surface area contributed by atoms with Crippen LogP contribution in [0.4, 0.5) is 0 Å². The molecule has 22 heavy (non-hydrogen) atoms. The molecule has 3 rings (SSSR count). The maximum atomic E-state index is 2.35. The first kappa shape index (κ1) is 14.8. The summed E-state index contributed by atoms with van der Waals surface area (Å²) in [5.41, 5.74) is 2.66. The molecule has 1 heteroatoms. The summed E-state index contributed by atoms with van der Waals surface area (Å²) >= 11 is 0.354. The average molecular weight is 349 g/mol. The van der Waals surface area contributed by atoms with E-state index < -0.39 is 0 Å². The van der Waals surface area contributed by atoms with Gasteiger partial charge in [-0.05, 0) is 0 Å². The molecule has 3 aromatic rings. The summed E-state index contributed by atoms with van der Waals surface area (Å²) in [7, 11) is 0. The average Bonchev–Trinajstić information content (AvgIpc) is 2.57. The third kappa shape index (κ3) is 4.46. The van der Waals surface area contributed by atoms with Gasteiger partial charge >= 0.3 is 139 Å². The number of allylic oxidation sites excluding steroid dienone is 1. The van der Waals surface area contributed by atoms with Crippen molar-refractivity contribution in [3.05, 3.63) is 107 Å². The molecule has 0 N–H and O–H groups in total. The number of rotatable bonds is 5. The molecule has 3 aromatic carbocycles. The van der Waals surface area contributed by atoms with Crippen LogP contribution in [-0.4, -0.2) is 15.0 Å². The zero-order valence-corrected chi connectivity index (χ0v) is 14.1. The summed E-state index contributed by atoms with van der Waals surface area (Å²) in [6, 6.07) is 32.1. The van der Waals surface area contributed by atoms with Crippen molar-refractivity contribution in [3.8, 4) is 0 Å². The van der Waals surface area contributed by atoms with E-state index in [4.69, 9.17) is 0 Å². The Morgan fingerprint density at radius 1 is 0.682 bits per heavy atom. The molecule has 0 radical (unpaired) electrons. The van der Waals surface area contributed by atoms with Crippen LogP contribution in [-0.2, 0) is 6.42 Å². The van der Waals surface area contributed by atoms with Crippen LogP contribution >= 0.6 is 0 Å². The van der Waals surface area contributed by atoms with Crippen LogP contribution in [0.15, 0.2) is 95.5 Å². The van der Waals surface area contributed by atoms with Crippen molar-refractivity contribution in [2.45, 2.75) is 6.42 Å². The molecule has 0 fully saturated rings. The van der Waals surface area contributed by atoms with Gasteiger partial charge < -0.3 is 0 Å². The Morgan fingerprint density at radius 3 is 1.86 bits per heavy atom. The first-order valence-electron chi connectivity index (χ1n) is 7.42. The molecule has 0 bridgehead atoms. The Bertz CT molecular complexity index is 672. The van der Waals surface area contributed by atoms with E-state index in [1.165, 1.54) is 20.1 Å². The predicted octanol–water partition coefficient (Wildman–Crippen LogP) is 4.30. The summed E-state index contributed by atoms with van der Waals surface area (Å²) in [6.45, 7) is 0. The molecule has 0 heterocycles. The Labute approximate surface area is 138 Å². The number of hydrogen-bond donors (Lipinski definition) is 0. The minimum absolute atomic E-state index is 0.354. The molecule has 0 atom stereocenters. The molecule has 0 aliphatic rings. The Balaban J connectivity index is 1.86. The fourth-order valence-electron chi connectivity index (χ4n) is 2.29. The van der Waals surface area contributed by atoms with Gasteiger partial charge in [0, 0.05) is 0 Å². The van der Waals surface area contributed by atoms with Gasteiger partial charge in [0.25, 0.3) is 0 Å². The van der Waals surface area contributed by atoms with Gasteiger partial charge in [0.05, 0.1) is 0 Å². The van der Waals surface area contributed by atoms with Gasteiger partial charge in [-0.25, -0.2) is 0 Å². The molecule has 0 spiro atoms. The van der Waals surface area contributed by atoms with Crippen LogP contribution < -0.4 is 4.46 Å². The topological polar surface area (TPSA) is 0 Å². The van der Waals surface area contributed by atoms with Gasteiger partial charge in [-0.3, -0.25) is 0 Å². The summed E-state index contributed by atoms with van der Waals surface area (Å²) in [5.74, 6) is 0. The standard InChI is InChI=1S/C21H18Se/c1-4-10-18(11-5-1)16-21(17-19-12-6-2-7-13-19)22-20-14-8-3-9-15-20/h1-16H,17H2/b21-16-. The van der Waals surface area contributed by atoms with Crippen LogP contribution in [0.25, 0.3) is 6.08 Å². The Kier molecular flexibility index (Phi) is 5.26. The zero-order valence-electron chi connectivity index (χ0n) is 12.4. The molecule has 0 aromatic heterocycles. The quantitative estimate of drug-likeness (QED) is 0.603. The van der Waals surface area contributed by atoms with Crippen molar-refractivity contribution in [3.63, 3.8) is 0 Å². The zero-order chi connectivity index (χ0) is 15.0. The van der Waals surface area contributed by atoms with Gasteiger partial charge in [-0.2, -0.15) is 0 Å². The maximum absolute atomic E-state index is 2.35. The molecule has 0 unspecified atom stereocenters. The summed E-state index contributed by atoms with van der Waals surface area (Å²) in [5, 5.41) is 0. The van der Waals surface area contributed by atoms with Crippen LogP contribution in [0.5, 0.6) is 0 Å². The fraction of sp³-hybridized carbons (Fsp3) is 0.0476. The van der Waals surface area contributed by atoms with E-state index in [-0.39, 0.29) is 0 Å². The molecule has 0 saturated carbocycles. The Morgan fingerprint density at radius 2 is 1.23 bits per heavy atom. The van der Waals surface area contributed by atoms with E-state index in [1.807, 2.05) is 0 Å². The van der Waals surface area contributed by atoms with E-state index in [1.54, 1.807) is 0 Å². The molecule has 0 amide bonds. The van der Waals surface area contributed by atoms with Crippen molar-refractivity contribution in [1.29, 1.82) is 0 Å². The summed E-state index contributed by atoms with van der Waals surface area (Å²) in [6.07, 6.45) is 3.37. The van der Waals surface area contributed by atoms with E-state index >= 15 is 0 Å². The second kappa shape index (κ2) is 7.79. The van der Waals surface area contributed by atoms with E-state index in [2.05, 4.69) is 97.1 Å². The van der Waals surface area contributed by atoms with Crippen molar-refractivity contribution >= 4 is 25.5 Å². The van der Waals surface area contributed by atoms with Crippen molar-refractivity contribution in [2.24, 2.45) is 0 Å². The van der Waals surface area contributed by atoms with E-state index in [0.29, 0.717) is 15.0 Å². The third-order valence-corrected chi connectivity index (χ3v) is 5.51. The van der Waals surface area contributed by atoms with Crippen LogP contribution in [0.1, 0.15) is 11.1 Å². The molecule has 0 aliphatic heterocycles. The molecule has 0 nitrogen and oxygen atoms in total. The molecular formula is C21H18Se. The normalized spacial score (nSPS) is 11.4. The Hall–Kier alpha value is -2.08. The molecule has 0 saturated heterocycles. The van der Waals surface area contributed by atoms with Crippen molar-refractivity contribution < 1.29 is 0 Å². The van der Waals surface area contributed by atoms with Crippen molar-refractivity contribution in [2.75, 3.05) is 0 Å². The predicted molar refractivity (Wildman–Crippen MR) is 96.4 cm³/mol. The fourth-order valence-corrected chi connectivity index (χ4v) is 4.45. The van der Waals surface area contributed by atoms with Crippen LogP contribution in [0.2, 0.25) is 0 Å². The first-order valence-corrected chi connectivity index (χ1v) is 9.14. The molecule has 0 aliphatic carbocycles. The first-order chi connectivity index (χ1) is 10.9. The monoisotopic (exact) mass is 350 g/mol. The second-order valence-corrected chi connectivity index (χ2v) is 7.62. The van der Waals surface area contributed by atoms with Gasteiger partial charge in [-0.1, -0.05) is 0 Å². The summed E-state index contributed by atoms with van der Waals surface area (Å²) < 4.78 is 2.92. The summed E-state index contributed by atoms with van der Waals surface area (Å²) in [4.78, 5) is 0. The van der Waals surface area contributed by atoms with Gasteiger partial charge in [0.15, 0.2) is 0 Å². The van der Waals surface area contributed by atoms with Gasteiger partial charge in [0.1, 0.15) is 0 Å². The molecule has 108 valence electrons. The van der Waals surface area contributed by atoms with Crippen LogP contribution in [0, 0.1) is 0 Å². The SMILES string of the molecule is C(=C(\Cc1ccccc1)[Se]c1ccccc1)/c1ccccc1. The third-order valence-electron chi connectivity index (χ3n) is 3.34. The minimum atomic E-state index is 0.354.